The molecule has 0 amide bonds. The molecule has 0 aliphatic carbocycles. The number of aliphatic imine (C=N–C) groups is 1. The number of carbonyl (C=O) groups is 1. The van der Waals surface area contributed by atoms with Crippen LogP contribution in [0.5, 0.6) is 0 Å². The second kappa shape index (κ2) is 15.0. The molecule has 22 heteroatoms. The fraction of sp³-hybridized carbons (Fsp3) is 0.486. The Kier molecular flexibility index (Phi) is 11.7. The van der Waals surface area contributed by atoms with Crippen LogP contribution in [0.15, 0.2) is 41.4 Å². The van der Waals surface area contributed by atoms with E-state index in [0.717, 1.165) is 10.8 Å². The quantitative estimate of drug-likeness (QED) is 0.120. The summed E-state index contributed by atoms with van der Waals surface area (Å²) in [5, 5.41) is 1.46. The number of nitrogens with zero attached hydrogens (tertiary/aromatic N) is 3. The van der Waals surface area contributed by atoms with Gasteiger partial charge in [-0.25, -0.2) is 4.99 Å². The van der Waals surface area contributed by atoms with Gasteiger partial charge in [0, 0.05) is 53.1 Å². The summed E-state index contributed by atoms with van der Waals surface area (Å²) < 4.78 is 141. The fourth-order valence-electron chi connectivity index (χ4n) is 8.11. The first-order valence-electron chi connectivity index (χ1n) is 17.7. The van der Waals surface area contributed by atoms with E-state index in [9.17, 15) is 56.7 Å². The van der Waals surface area contributed by atoms with E-state index in [0.29, 0.717) is 38.8 Å². The molecule has 3 aliphatic heterocycles. The maximum absolute atomic E-state index is 12.4. The molecular formula is C35H47N3O14S4Si. The zero-order valence-electron chi connectivity index (χ0n) is 32.4. The number of hydrogen-bond donors (Lipinski definition) is 4. The van der Waals surface area contributed by atoms with E-state index >= 15 is 0 Å². The van der Waals surface area contributed by atoms with E-state index in [2.05, 4.69) is 0 Å². The molecule has 0 saturated heterocycles. The predicted molar refractivity (Wildman–Crippen MR) is 221 cm³/mol. The highest BCUT2D eigenvalue weighted by Gasteiger charge is 2.44. The zero-order valence-corrected chi connectivity index (χ0v) is 36.7. The third-order valence-electron chi connectivity index (χ3n) is 10.6. The zero-order chi connectivity index (χ0) is 42.9. The smallest absolute Gasteiger partial charge is 0.295 e. The van der Waals surface area contributed by atoms with Crippen molar-refractivity contribution in [1.29, 1.82) is 0 Å². The number of allylic oxidation sites excluding steroid dienone is 1. The number of ether oxygens (including phenoxy) is 1. The van der Waals surface area contributed by atoms with Crippen LogP contribution in [0.4, 0.5) is 11.4 Å². The van der Waals surface area contributed by atoms with E-state index in [1.165, 1.54) is 0 Å². The molecule has 0 fully saturated rings. The SMILES string of the molecule is CC1=CC(C)(C)N(CCS(=O)(=O)O)c2cc3c(cc21)C(=NC(CCS(=O)(=O)O)OC=O)c1cc2c(cc1[Si]3(C)C)N(CCS(=O)(=O)O)C(C)(C)C=C2CS(=O)(=O)O. The molecule has 0 saturated carbocycles. The monoisotopic (exact) mass is 889 g/mol. The van der Waals surface area contributed by atoms with E-state index in [1.54, 1.807) is 37.0 Å². The van der Waals surface area contributed by atoms with Gasteiger partial charge in [0.2, 0.25) is 0 Å². The standard InChI is InChI=1S/C35H47N3O14S4Si/c1-22-18-34(2,3)37(9-12-54(43,44)45)28-16-30-26(14-24(22)28)33(36-32(52-21-39)8-11-53(40,41)42)27-15-25-23(20-56(49,50)51)19-35(4,5)38(10-13-55(46,47)48)29(25)17-31(27)57(30,6)7/h14-19,21,32H,8-13,20H2,1-7H3,(H,40,41,42)(H,43,44,45)(H,46,47,48)(H,49,50,51). The summed E-state index contributed by atoms with van der Waals surface area (Å²) in [6, 6.07) is 7.21. The molecular weight excluding hydrogens is 843 g/mol. The molecule has 3 heterocycles. The van der Waals surface area contributed by atoms with Gasteiger partial charge in [-0.3, -0.25) is 23.0 Å². The number of carbonyl (C=O) groups excluding carboxylic acids is 1. The summed E-state index contributed by atoms with van der Waals surface area (Å²) in [6.45, 7) is 13.0. The minimum absolute atomic E-state index is 0.0695. The second-order valence-corrected chi connectivity index (χ2v) is 26.6. The molecule has 5 rings (SSSR count). The first-order chi connectivity index (χ1) is 25.8. The summed E-state index contributed by atoms with van der Waals surface area (Å²) in [7, 11) is -21.0. The molecule has 314 valence electrons. The van der Waals surface area contributed by atoms with Crippen molar-refractivity contribution in [3.8, 4) is 0 Å². The lowest BCUT2D eigenvalue weighted by Gasteiger charge is -2.46. The number of benzene rings is 2. The Balaban J connectivity index is 1.89. The first-order valence-corrected chi connectivity index (χ1v) is 27.1. The topological polar surface area (TPSA) is 263 Å². The number of hydrogen-bond acceptors (Lipinski definition) is 13. The van der Waals surface area contributed by atoms with Gasteiger partial charge in [-0.15, -0.1) is 0 Å². The third kappa shape index (κ3) is 9.87. The van der Waals surface area contributed by atoms with Crippen LogP contribution in [0, 0.1) is 0 Å². The largest absolute Gasteiger partial charge is 0.442 e. The normalized spacial score (nSPS) is 19.7. The van der Waals surface area contributed by atoms with Gasteiger partial charge in [-0.2, -0.15) is 33.7 Å². The molecule has 17 nitrogen and oxygen atoms in total. The van der Waals surface area contributed by atoms with Gasteiger partial charge in [-0.1, -0.05) is 25.2 Å². The molecule has 1 unspecified atom stereocenters. The third-order valence-corrected chi connectivity index (χ3v) is 16.9. The minimum atomic E-state index is -4.62. The molecule has 0 bridgehead atoms. The van der Waals surface area contributed by atoms with Gasteiger partial charge < -0.3 is 14.5 Å². The Morgan fingerprint density at radius 1 is 0.702 bits per heavy atom. The van der Waals surface area contributed by atoms with Gasteiger partial charge in [0.1, 0.15) is 13.8 Å². The van der Waals surface area contributed by atoms with Crippen molar-refractivity contribution in [2.75, 3.05) is 45.9 Å². The van der Waals surface area contributed by atoms with Crippen molar-refractivity contribution in [3.05, 3.63) is 58.7 Å². The second-order valence-electron chi connectivity index (χ2n) is 16.1. The first kappa shape index (κ1) is 44.6. The van der Waals surface area contributed by atoms with Crippen molar-refractivity contribution in [2.45, 2.75) is 71.4 Å². The molecule has 57 heavy (non-hydrogen) atoms. The minimum Gasteiger partial charge on any atom is -0.442 e. The average molecular weight is 890 g/mol. The molecule has 4 N–H and O–H groups in total. The molecule has 0 spiro atoms. The summed E-state index contributed by atoms with van der Waals surface area (Å²) in [4.78, 5) is 20.1. The molecule has 2 aromatic rings. The Bertz CT molecular complexity index is 2560. The highest BCUT2D eigenvalue weighted by atomic mass is 32.2. The molecule has 0 radical (unpaired) electrons. The van der Waals surface area contributed by atoms with Crippen LogP contribution >= 0.6 is 0 Å². The lowest BCUT2D eigenvalue weighted by atomic mass is 9.85. The number of rotatable bonds is 14. The van der Waals surface area contributed by atoms with Crippen LogP contribution < -0.4 is 20.2 Å². The van der Waals surface area contributed by atoms with E-state index in [1.807, 2.05) is 57.0 Å². The lowest BCUT2D eigenvalue weighted by Crippen LogP contribution is -2.61. The predicted octanol–water partition coefficient (Wildman–Crippen LogP) is 2.08. The molecule has 1 atom stereocenters. The maximum atomic E-state index is 12.4. The lowest BCUT2D eigenvalue weighted by molar-refractivity contribution is -0.133. The Morgan fingerprint density at radius 2 is 1.16 bits per heavy atom. The summed E-state index contributed by atoms with van der Waals surface area (Å²) in [6.07, 6.45) is 1.64. The molecule has 0 aromatic heterocycles. The van der Waals surface area contributed by atoms with Gasteiger partial charge >= 0.3 is 0 Å². The summed E-state index contributed by atoms with van der Waals surface area (Å²) in [5.41, 5.74) is 2.47. The van der Waals surface area contributed by atoms with Crippen molar-refractivity contribution in [3.63, 3.8) is 0 Å². The van der Waals surface area contributed by atoms with E-state index < -0.39 is 95.3 Å². The summed E-state index contributed by atoms with van der Waals surface area (Å²) in [5.74, 6) is -2.85. The van der Waals surface area contributed by atoms with Crippen molar-refractivity contribution >= 4 is 93.6 Å². The van der Waals surface area contributed by atoms with E-state index in [-0.39, 0.29) is 30.8 Å². The molecule has 3 aliphatic rings. The summed E-state index contributed by atoms with van der Waals surface area (Å²) >= 11 is 0. The molecule has 2 aromatic carbocycles. The number of anilines is 2. The fourth-order valence-corrected chi connectivity index (χ4v) is 13.1. The van der Waals surface area contributed by atoms with Crippen LogP contribution in [-0.4, -0.2) is 126 Å². The van der Waals surface area contributed by atoms with E-state index in [4.69, 9.17) is 9.73 Å². The van der Waals surface area contributed by atoms with Gasteiger partial charge in [-0.05, 0) is 80.4 Å². The van der Waals surface area contributed by atoms with Crippen molar-refractivity contribution < 1.29 is 61.4 Å². The van der Waals surface area contributed by atoms with Crippen LogP contribution in [0.1, 0.15) is 63.3 Å². The van der Waals surface area contributed by atoms with Crippen LogP contribution in [0.25, 0.3) is 11.1 Å². The maximum Gasteiger partial charge on any atom is 0.295 e. The van der Waals surface area contributed by atoms with Crippen LogP contribution in [0.3, 0.4) is 0 Å². The Labute approximate surface area is 334 Å². The Hall–Kier alpha value is -3.48. The van der Waals surface area contributed by atoms with Gasteiger partial charge in [0.25, 0.3) is 46.9 Å². The number of fused-ring (bicyclic) bond motifs is 4. The van der Waals surface area contributed by atoms with Gasteiger partial charge in [0.15, 0.2) is 6.23 Å². The van der Waals surface area contributed by atoms with Crippen molar-refractivity contribution in [2.24, 2.45) is 4.99 Å². The Morgan fingerprint density at radius 3 is 1.61 bits per heavy atom. The van der Waals surface area contributed by atoms with Crippen molar-refractivity contribution in [1.82, 2.24) is 0 Å². The van der Waals surface area contributed by atoms with Crippen LogP contribution in [0.2, 0.25) is 13.1 Å². The average Bonchev–Trinajstić information content (AvgIpc) is 3.01. The highest BCUT2D eigenvalue weighted by Crippen LogP contribution is 2.43. The van der Waals surface area contributed by atoms with Gasteiger partial charge in [0.05, 0.1) is 34.0 Å². The van der Waals surface area contributed by atoms with Crippen LogP contribution in [-0.2, 0) is 50.0 Å². The highest BCUT2D eigenvalue weighted by molar-refractivity contribution is 7.86.